The van der Waals surface area contributed by atoms with Gasteiger partial charge < -0.3 is 29.2 Å². The molecule has 0 aromatic heterocycles. The number of methoxy groups -OCH3 is 1. The van der Waals surface area contributed by atoms with E-state index in [1.54, 1.807) is 7.11 Å². The number of hydrogen-bond acceptors (Lipinski definition) is 5. The fourth-order valence-corrected chi connectivity index (χ4v) is 4.84. The molecule has 3 fully saturated rings. The summed E-state index contributed by atoms with van der Waals surface area (Å²) in [6, 6.07) is 8.48. The monoisotopic (exact) mass is 545 g/mol. The molecule has 2 atom stereocenters. The molecule has 8 heteroatoms. The number of morpholine rings is 1. The number of rotatable bonds is 5. The highest BCUT2D eigenvalue weighted by Crippen LogP contribution is 2.35. The van der Waals surface area contributed by atoms with Crippen molar-refractivity contribution in [2.75, 3.05) is 60.2 Å². The van der Waals surface area contributed by atoms with Crippen LogP contribution in [0.15, 0.2) is 29.3 Å². The van der Waals surface area contributed by atoms with Crippen LogP contribution in [0.5, 0.6) is 5.75 Å². The second-order valence-electron chi connectivity index (χ2n) is 8.43. The third kappa shape index (κ3) is 5.83. The molecular formula is C23H36IN3O4. The molecule has 31 heavy (non-hydrogen) atoms. The highest BCUT2D eigenvalue weighted by Gasteiger charge is 2.36. The summed E-state index contributed by atoms with van der Waals surface area (Å²) >= 11 is 0. The number of halogens is 1. The molecule has 0 aliphatic carbocycles. The Morgan fingerprint density at radius 1 is 1.13 bits per heavy atom. The fourth-order valence-electron chi connectivity index (χ4n) is 4.84. The topological polar surface area (TPSA) is 64.6 Å². The highest BCUT2D eigenvalue weighted by molar-refractivity contribution is 14.0. The van der Waals surface area contributed by atoms with Crippen LogP contribution in [0, 0.1) is 0 Å². The number of aliphatic imine (C=N–C) groups is 1. The Labute approximate surface area is 202 Å². The average Bonchev–Trinajstić information content (AvgIpc) is 3.36. The van der Waals surface area contributed by atoms with Crippen molar-refractivity contribution >= 4 is 29.9 Å². The molecule has 0 spiro atoms. The van der Waals surface area contributed by atoms with E-state index < -0.39 is 0 Å². The summed E-state index contributed by atoms with van der Waals surface area (Å²) in [4.78, 5) is 6.91. The standard InChI is InChI=1S/C23H35N3O4.HI/c1-24-22(26-11-15-30-21(16-26)20-4-3-12-29-20)25-17-23(9-13-28-14-10-23)18-5-7-19(27-2)8-6-18;/h5-8,20-21H,3-4,9-17H2,1-2H3,(H,24,25);1H. The first-order valence-corrected chi connectivity index (χ1v) is 11.2. The number of benzene rings is 1. The van der Waals surface area contributed by atoms with Gasteiger partial charge in [0, 0.05) is 51.9 Å². The maximum Gasteiger partial charge on any atom is 0.193 e. The molecule has 0 amide bonds. The van der Waals surface area contributed by atoms with Gasteiger partial charge in [0.15, 0.2) is 5.96 Å². The Bertz CT molecular complexity index is 703. The zero-order chi connectivity index (χ0) is 20.8. The lowest BCUT2D eigenvalue weighted by atomic mass is 9.74. The van der Waals surface area contributed by atoms with Crippen LogP contribution in [0.2, 0.25) is 0 Å². The fraction of sp³-hybridized carbons (Fsp3) is 0.696. The lowest BCUT2D eigenvalue weighted by Crippen LogP contribution is -2.55. The first-order chi connectivity index (χ1) is 14.7. The van der Waals surface area contributed by atoms with Crippen LogP contribution in [0.4, 0.5) is 0 Å². The molecule has 2 unspecified atom stereocenters. The third-order valence-electron chi connectivity index (χ3n) is 6.72. The minimum absolute atomic E-state index is 0. The molecule has 0 radical (unpaired) electrons. The predicted molar refractivity (Wildman–Crippen MR) is 132 cm³/mol. The Hall–Kier alpha value is -1.10. The third-order valence-corrected chi connectivity index (χ3v) is 6.72. The van der Waals surface area contributed by atoms with Crippen LogP contribution in [-0.2, 0) is 19.6 Å². The molecule has 1 aromatic carbocycles. The number of hydrogen-bond donors (Lipinski definition) is 1. The lowest BCUT2D eigenvalue weighted by molar-refractivity contribution is -0.0817. The summed E-state index contributed by atoms with van der Waals surface area (Å²) < 4.78 is 22.9. The van der Waals surface area contributed by atoms with Crippen molar-refractivity contribution in [1.29, 1.82) is 0 Å². The molecule has 1 N–H and O–H groups in total. The molecule has 3 heterocycles. The summed E-state index contributed by atoms with van der Waals surface area (Å²) in [7, 11) is 3.57. The Morgan fingerprint density at radius 3 is 2.52 bits per heavy atom. The predicted octanol–water partition coefficient (Wildman–Crippen LogP) is 2.82. The van der Waals surface area contributed by atoms with Gasteiger partial charge in [0.1, 0.15) is 11.9 Å². The Kier molecular flexibility index (Phi) is 9.24. The van der Waals surface area contributed by atoms with Gasteiger partial charge in [-0.3, -0.25) is 4.99 Å². The second-order valence-corrected chi connectivity index (χ2v) is 8.43. The largest absolute Gasteiger partial charge is 0.497 e. The Morgan fingerprint density at radius 2 is 1.87 bits per heavy atom. The molecule has 7 nitrogen and oxygen atoms in total. The molecule has 3 aliphatic rings. The summed E-state index contributed by atoms with van der Waals surface area (Å²) in [6.45, 7) is 5.63. The maximum atomic E-state index is 6.01. The van der Waals surface area contributed by atoms with Gasteiger partial charge in [-0.1, -0.05) is 12.1 Å². The first-order valence-electron chi connectivity index (χ1n) is 11.2. The van der Waals surface area contributed by atoms with E-state index in [2.05, 4.69) is 39.5 Å². The van der Waals surface area contributed by atoms with E-state index in [1.165, 1.54) is 5.56 Å². The van der Waals surface area contributed by atoms with Crippen molar-refractivity contribution in [3.63, 3.8) is 0 Å². The van der Waals surface area contributed by atoms with E-state index >= 15 is 0 Å². The van der Waals surface area contributed by atoms with Gasteiger partial charge in [0.05, 0.1) is 19.8 Å². The number of nitrogens with zero attached hydrogens (tertiary/aromatic N) is 2. The zero-order valence-corrected chi connectivity index (χ0v) is 21.0. The summed E-state index contributed by atoms with van der Waals surface area (Å²) in [5, 5.41) is 3.68. The van der Waals surface area contributed by atoms with Crippen molar-refractivity contribution in [1.82, 2.24) is 10.2 Å². The second kappa shape index (κ2) is 11.7. The quantitative estimate of drug-likeness (QED) is 0.349. The van der Waals surface area contributed by atoms with Crippen molar-refractivity contribution in [3.05, 3.63) is 29.8 Å². The van der Waals surface area contributed by atoms with Crippen LogP contribution in [0.25, 0.3) is 0 Å². The molecule has 1 aromatic rings. The molecule has 3 aliphatic heterocycles. The van der Waals surface area contributed by atoms with Crippen LogP contribution in [-0.4, -0.2) is 83.3 Å². The van der Waals surface area contributed by atoms with Gasteiger partial charge in [-0.25, -0.2) is 0 Å². The zero-order valence-electron chi connectivity index (χ0n) is 18.7. The van der Waals surface area contributed by atoms with Gasteiger partial charge in [-0.15, -0.1) is 24.0 Å². The van der Waals surface area contributed by atoms with Gasteiger partial charge >= 0.3 is 0 Å². The average molecular weight is 545 g/mol. The van der Waals surface area contributed by atoms with Crippen molar-refractivity contribution in [2.45, 2.75) is 43.3 Å². The van der Waals surface area contributed by atoms with Crippen LogP contribution in [0.3, 0.4) is 0 Å². The number of nitrogens with one attached hydrogen (secondary N) is 1. The van der Waals surface area contributed by atoms with Crippen LogP contribution in [0.1, 0.15) is 31.2 Å². The maximum absolute atomic E-state index is 6.01. The SMILES string of the molecule is CN=C(NCC1(c2ccc(OC)cc2)CCOCC1)N1CCOC(C2CCCO2)C1.I. The highest BCUT2D eigenvalue weighted by atomic mass is 127. The van der Waals surface area contributed by atoms with E-state index in [-0.39, 0.29) is 41.6 Å². The smallest absolute Gasteiger partial charge is 0.193 e. The summed E-state index contributed by atoms with van der Waals surface area (Å²) in [5.41, 5.74) is 1.36. The van der Waals surface area contributed by atoms with Gasteiger partial charge in [0.25, 0.3) is 0 Å². The van der Waals surface area contributed by atoms with Crippen molar-refractivity contribution < 1.29 is 18.9 Å². The minimum Gasteiger partial charge on any atom is -0.497 e. The van der Waals surface area contributed by atoms with E-state index in [4.69, 9.17) is 18.9 Å². The molecular weight excluding hydrogens is 509 g/mol. The minimum atomic E-state index is 0. The van der Waals surface area contributed by atoms with Gasteiger partial charge in [0.2, 0.25) is 0 Å². The molecule has 174 valence electrons. The van der Waals surface area contributed by atoms with E-state index in [1.807, 2.05) is 7.05 Å². The normalized spacial score (nSPS) is 26.3. The van der Waals surface area contributed by atoms with E-state index in [0.29, 0.717) is 6.61 Å². The van der Waals surface area contributed by atoms with Crippen LogP contribution < -0.4 is 10.1 Å². The van der Waals surface area contributed by atoms with Gasteiger partial charge in [-0.05, 0) is 43.4 Å². The lowest BCUT2D eigenvalue weighted by Gasteiger charge is -2.41. The summed E-state index contributed by atoms with van der Waals surface area (Å²) in [6.07, 6.45) is 4.54. The van der Waals surface area contributed by atoms with Crippen LogP contribution >= 0.6 is 24.0 Å². The molecule has 0 bridgehead atoms. The Balaban J connectivity index is 0.00000272. The van der Waals surface area contributed by atoms with Gasteiger partial charge in [-0.2, -0.15) is 0 Å². The number of ether oxygens (including phenoxy) is 4. The first kappa shape index (κ1) is 24.5. The molecule has 3 saturated heterocycles. The number of guanidine groups is 1. The molecule has 0 saturated carbocycles. The van der Waals surface area contributed by atoms with E-state index in [0.717, 1.165) is 76.8 Å². The summed E-state index contributed by atoms with van der Waals surface area (Å²) in [5.74, 6) is 1.83. The van der Waals surface area contributed by atoms with Crippen molar-refractivity contribution in [3.8, 4) is 5.75 Å². The molecule has 4 rings (SSSR count). The van der Waals surface area contributed by atoms with E-state index in [9.17, 15) is 0 Å². The van der Waals surface area contributed by atoms with Crippen molar-refractivity contribution in [2.24, 2.45) is 4.99 Å².